The fourth-order valence-corrected chi connectivity index (χ4v) is 2.81. The predicted octanol–water partition coefficient (Wildman–Crippen LogP) is 1.97. The van der Waals surface area contributed by atoms with E-state index in [-0.39, 0.29) is 0 Å². The van der Waals surface area contributed by atoms with Gasteiger partial charge >= 0.3 is 8.56 Å². The largest absolute Gasteiger partial charge is 0.398 e. The predicted molar refractivity (Wildman–Crippen MR) is 61.7 cm³/mol. The molecule has 12 heavy (non-hydrogen) atoms. The second-order valence-corrected chi connectivity index (χ2v) is 7.60. The van der Waals surface area contributed by atoms with Crippen molar-refractivity contribution in [2.24, 2.45) is 0 Å². The van der Waals surface area contributed by atoms with Gasteiger partial charge in [-0.1, -0.05) is 0 Å². The highest BCUT2D eigenvalue weighted by Gasteiger charge is 2.28. The maximum absolute atomic E-state index is 5.34. The minimum atomic E-state index is -1.86. The summed E-state index contributed by atoms with van der Waals surface area (Å²) in [7, 11) is 1.57. The van der Waals surface area contributed by atoms with E-state index < -0.39 is 8.56 Å². The van der Waals surface area contributed by atoms with Gasteiger partial charge in [0.15, 0.2) is 0 Å². The van der Waals surface area contributed by atoms with Crippen LogP contribution in [0.15, 0.2) is 0 Å². The van der Waals surface area contributed by atoms with Gasteiger partial charge in [-0.05, 0) is 19.0 Å². The molecule has 0 aliphatic rings. The molecule has 0 fully saturated rings. The van der Waals surface area contributed by atoms with Crippen LogP contribution >= 0.6 is 25.3 Å². The highest BCUT2D eigenvalue weighted by Crippen LogP contribution is 2.17. The lowest BCUT2D eigenvalue weighted by Crippen LogP contribution is -2.36. The first kappa shape index (κ1) is 12.8. The Hall–Kier alpha value is 0.837. The van der Waals surface area contributed by atoms with Gasteiger partial charge < -0.3 is 8.85 Å². The molecule has 0 saturated heterocycles. The zero-order valence-corrected chi connectivity index (χ0v) is 10.7. The van der Waals surface area contributed by atoms with Crippen molar-refractivity contribution in [1.82, 2.24) is 0 Å². The standard InChI is InChI=1S/C7H18O2S2Si/c1-8-12(3,9-2)5-4-7(11)6-10/h7,10-11H,4-6H2,1-3H3. The Balaban J connectivity index is 3.72. The van der Waals surface area contributed by atoms with Gasteiger partial charge in [-0.15, -0.1) is 0 Å². The zero-order valence-electron chi connectivity index (χ0n) is 7.91. The van der Waals surface area contributed by atoms with Gasteiger partial charge in [0.25, 0.3) is 0 Å². The molecular weight excluding hydrogens is 208 g/mol. The maximum Gasteiger partial charge on any atom is 0.334 e. The summed E-state index contributed by atoms with van der Waals surface area (Å²) in [6.45, 7) is 2.06. The van der Waals surface area contributed by atoms with E-state index >= 15 is 0 Å². The van der Waals surface area contributed by atoms with Crippen LogP contribution in [-0.4, -0.2) is 33.8 Å². The van der Waals surface area contributed by atoms with Gasteiger partial charge in [0.05, 0.1) is 0 Å². The lowest BCUT2D eigenvalue weighted by atomic mass is 10.4. The van der Waals surface area contributed by atoms with Crippen LogP contribution in [0, 0.1) is 0 Å². The Kier molecular flexibility index (Phi) is 6.76. The molecule has 0 aliphatic carbocycles. The number of hydrogen-bond donors (Lipinski definition) is 2. The van der Waals surface area contributed by atoms with Crippen molar-refractivity contribution in [3.8, 4) is 0 Å². The van der Waals surface area contributed by atoms with Crippen molar-refractivity contribution in [3.05, 3.63) is 0 Å². The molecule has 0 aliphatic heterocycles. The minimum Gasteiger partial charge on any atom is -0.398 e. The molecule has 0 amide bonds. The molecule has 0 aromatic carbocycles. The van der Waals surface area contributed by atoms with Crippen molar-refractivity contribution >= 4 is 33.8 Å². The molecule has 2 nitrogen and oxygen atoms in total. The lowest BCUT2D eigenvalue weighted by Gasteiger charge is -2.23. The molecule has 0 heterocycles. The van der Waals surface area contributed by atoms with E-state index in [1.807, 2.05) is 0 Å². The summed E-state index contributed by atoms with van der Waals surface area (Å²) in [6.07, 6.45) is 1.01. The SMILES string of the molecule is CO[Si](C)(CCC(S)CS)OC. The first-order chi connectivity index (χ1) is 5.58. The summed E-state index contributed by atoms with van der Waals surface area (Å²) < 4.78 is 10.7. The van der Waals surface area contributed by atoms with Crippen molar-refractivity contribution < 1.29 is 8.85 Å². The summed E-state index contributed by atoms with van der Waals surface area (Å²) in [5.41, 5.74) is 0. The average Bonchev–Trinajstić information content (AvgIpc) is 2.13. The Morgan fingerprint density at radius 3 is 2.17 bits per heavy atom. The van der Waals surface area contributed by atoms with Crippen LogP contribution < -0.4 is 0 Å². The van der Waals surface area contributed by atoms with Crippen LogP contribution in [-0.2, 0) is 8.85 Å². The fourth-order valence-electron chi connectivity index (χ4n) is 0.808. The number of thiol groups is 2. The zero-order chi connectivity index (χ0) is 9.61. The molecule has 1 atom stereocenters. The summed E-state index contributed by atoms with van der Waals surface area (Å²) in [5, 5.41) is 0.352. The highest BCUT2D eigenvalue weighted by atomic mass is 32.1. The Labute approximate surface area is 87.1 Å². The molecule has 5 heteroatoms. The van der Waals surface area contributed by atoms with Crippen molar-refractivity contribution in [2.45, 2.75) is 24.3 Å². The summed E-state index contributed by atoms with van der Waals surface area (Å²) >= 11 is 8.52. The Morgan fingerprint density at radius 1 is 1.33 bits per heavy atom. The number of rotatable bonds is 6. The van der Waals surface area contributed by atoms with E-state index in [9.17, 15) is 0 Å². The van der Waals surface area contributed by atoms with E-state index in [1.54, 1.807) is 14.2 Å². The van der Waals surface area contributed by atoms with Gasteiger partial charge in [-0.3, -0.25) is 0 Å². The van der Waals surface area contributed by atoms with Crippen LogP contribution in [0.3, 0.4) is 0 Å². The Morgan fingerprint density at radius 2 is 1.83 bits per heavy atom. The van der Waals surface area contributed by atoms with Crippen LogP contribution in [0.4, 0.5) is 0 Å². The minimum absolute atomic E-state index is 0.352. The second kappa shape index (κ2) is 6.31. The first-order valence-electron chi connectivity index (χ1n) is 3.97. The molecule has 0 spiro atoms. The first-order valence-corrected chi connectivity index (χ1v) is 7.64. The monoisotopic (exact) mass is 226 g/mol. The molecule has 1 unspecified atom stereocenters. The third kappa shape index (κ3) is 4.76. The third-order valence-corrected chi connectivity index (χ3v) is 6.10. The molecule has 74 valence electrons. The van der Waals surface area contributed by atoms with E-state index in [1.165, 1.54) is 0 Å². The average molecular weight is 226 g/mol. The second-order valence-electron chi connectivity index (χ2n) is 2.92. The van der Waals surface area contributed by atoms with Gasteiger partial charge in [0, 0.05) is 25.2 Å². The smallest absolute Gasteiger partial charge is 0.334 e. The lowest BCUT2D eigenvalue weighted by molar-refractivity contribution is 0.248. The number of hydrogen-bond acceptors (Lipinski definition) is 4. The molecule has 0 radical (unpaired) electrons. The van der Waals surface area contributed by atoms with E-state index in [0.29, 0.717) is 5.25 Å². The highest BCUT2D eigenvalue weighted by molar-refractivity contribution is 7.84. The molecule has 0 aromatic rings. The fraction of sp³-hybridized carbons (Fsp3) is 1.00. The normalized spacial score (nSPS) is 14.8. The maximum atomic E-state index is 5.34. The molecule has 0 rings (SSSR count). The van der Waals surface area contributed by atoms with Crippen LogP contribution in [0.2, 0.25) is 12.6 Å². The molecule has 0 saturated carbocycles. The van der Waals surface area contributed by atoms with Crippen molar-refractivity contribution in [2.75, 3.05) is 20.0 Å². The third-order valence-electron chi connectivity index (χ3n) is 2.01. The van der Waals surface area contributed by atoms with Crippen molar-refractivity contribution in [3.63, 3.8) is 0 Å². The van der Waals surface area contributed by atoms with Crippen LogP contribution in [0.5, 0.6) is 0 Å². The van der Waals surface area contributed by atoms with Gasteiger partial charge in [0.2, 0.25) is 0 Å². The van der Waals surface area contributed by atoms with E-state index in [2.05, 4.69) is 31.8 Å². The van der Waals surface area contributed by atoms with Crippen LogP contribution in [0.25, 0.3) is 0 Å². The van der Waals surface area contributed by atoms with Gasteiger partial charge in [-0.2, -0.15) is 25.3 Å². The Bertz CT molecular complexity index is 120. The molecule has 0 aromatic heterocycles. The molecular formula is C7H18O2S2Si. The summed E-state index contributed by atoms with van der Waals surface area (Å²) in [5.74, 6) is 0.807. The molecule has 0 bridgehead atoms. The molecule has 0 N–H and O–H groups in total. The van der Waals surface area contributed by atoms with Crippen molar-refractivity contribution in [1.29, 1.82) is 0 Å². The quantitative estimate of drug-likeness (QED) is 0.533. The van der Waals surface area contributed by atoms with E-state index in [0.717, 1.165) is 18.2 Å². The van der Waals surface area contributed by atoms with Crippen LogP contribution in [0.1, 0.15) is 6.42 Å². The summed E-state index contributed by atoms with van der Waals surface area (Å²) in [6, 6.07) is 0.981. The van der Waals surface area contributed by atoms with E-state index in [4.69, 9.17) is 8.85 Å². The van der Waals surface area contributed by atoms with Gasteiger partial charge in [-0.25, -0.2) is 0 Å². The summed E-state index contributed by atoms with van der Waals surface area (Å²) in [4.78, 5) is 0. The van der Waals surface area contributed by atoms with Gasteiger partial charge in [0.1, 0.15) is 0 Å². The topological polar surface area (TPSA) is 18.5 Å².